The van der Waals surface area contributed by atoms with E-state index < -0.39 is 11.9 Å². The van der Waals surface area contributed by atoms with E-state index in [1.54, 1.807) is 0 Å². The molecule has 1 aromatic rings. The van der Waals surface area contributed by atoms with Crippen molar-refractivity contribution in [2.45, 2.75) is 13.3 Å². The SMILES string of the molecule is CCN1CCC=C(c2c3ccc(O)c2OC(=O)C(=O)O3)C1. The van der Waals surface area contributed by atoms with Crippen LogP contribution in [0.5, 0.6) is 17.2 Å². The Hall–Kier alpha value is -2.34. The summed E-state index contributed by atoms with van der Waals surface area (Å²) in [6.07, 6.45) is 2.86. The summed E-state index contributed by atoms with van der Waals surface area (Å²) in [5.74, 6) is -2.16. The van der Waals surface area contributed by atoms with Crippen molar-refractivity contribution in [3.8, 4) is 17.2 Å². The zero-order valence-electron chi connectivity index (χ0n) is 11.6. The molecule has 3 rings (SSSR count). The lowest BCUT2D eigenvalue weighted by Crippen LogP contribution is -2.29. The normalized spacial score (nSPS) is 18.6. The third-order valence-corrected chi connectivity index (χ3v) is 3.66. The molecule has 0 spiro atoms. The predicted molar refractivity (Wildman–Crippen MR) is 74.1 cm³/mol. The van der Waals surface area contributed by atoms with Crippen LogP contribution in [0.1, 0.15) is 18.9 Å². The van der Waals surface area contributed by atoms with E-state index >= 15 is 0 Å². The second-order valence-electron chi connectivity index (χ2n) is 4.95. The first-order valence-electron chi connectivity index (χ1n) is 6.82. The van der Waals surface area contributed by atoms with E-state index in [9.17, 15) is 14.7 Å². The van der Waals surface area contributed by atoms with Crippen molar-refractivity contribution in [2.75, 3.05) is 19.6 Å². The van der Waals surface area contributed by atoms with Crippen molar-refractivity contribution in [1.82, 2.24) is 4.90 Å². The topological polar surface area (TPSA) is 76.1 Å². The van der Waals surface area contributed by atoms with Crippen LogP contribution >= 0.6 is 0 Å². The first-order valence-corrected chi connectivity index (χ1v) is 6.82. The maximum Gasteiger partial charge on any atom is 0.423 e. The van der Waals surface area contributed by atoms with Gasteiger partial charge in [-0.15, -0.1) is 0 Å². The molecule has 0 atom stereocenters. The summed E-state index contributed by atoms with van der Waals surface area (Å²) in [5, 5.41) is 9.95. The van der Waals surface area contributed by atoms with Crippen LogP contribution in [0.3, 0.4) is 0 Å². The van der Waals surface area contributed by atoms with Gasteiger partial charge in [0.15, 0.2) is 11.5 Å². The van der Waals surface area contributed by atoms with Crippen molar-refractivity contribution in [2.24, 2.45) is 0 Å². The molecule has 1 N–H and O–H groups in total. The molecule has 0 unspecified atom stereocenters. The molecule has 2 bridgehead atoms. The van der Waals surface area contributed by atoms with E-state index in [1.807, 2.05) is 6.08 Å². The molecule has 0 amide bonds. The average molecular weight is 289 g/mol. The van der Waals surface area contributed by atoms with Gasteiger partial charge in [0.2, 0.25) is 0 Å². The van der Waals surface area contributed by atoms with Gasteiger partial charge in [-0.25, -0.2) is 9.59 Å². The highest BCUT2D eigenvalue weighted by molar-refractivity contribution is 6.31. The number of likely N-dealkylation sites (N-methyl/N-ethyl adjacent to an activating group) is 1. The van der Waals surface area contributed by atoms with Gasteiger partial charge < -0.3 is 14.6 Å². The smallest absolute Gasteiger partial charge is 0.423 e. The minimum Gasteiger partial charge on any atom is -0.504 e. The summed E-state index contributed by atoms with van der Waals surface area (Å²) in [4.78, 5) is 25.3. The summed E-state index contributed by atoms with van der Waals surface area (Å²) in [6.45, 7) is 4.55. The number of esters is 2. The summed E-state index contributed by atoms with van der Waals surface area (Å²) in [6, 6.07) is 2.82. The molecular weight excluding hydrogens is 274 g/mol. The molecule has 2 aliphatic heterocycles. The maximum atomic E-state index is 11.5. The molecule has 1 aromatic carbocycles. The fraction of sp³-hybridized carbons (Fsp3) is 0.333. The fourth-order valence-electron chi connectivity index (χ4n) is 2.58. The number of ether oxygens (including phenoxy) is 2. The molecule has 0 saturated carbocycles. The van der Waals surface area contributed by atoms with E-state index in [0.717, 1.165) is 25.1 Å². The van der Waals surface area contributed by atoms with E-state index in [2.05, 4.69) is 11.8 Å². The molecule has 0 aliphatic carbocycles. The van der Waals surface area contributed by atoms with Crippen molar-refractivity contribution in [3.05, 3.63) is 23.8 Å². The Kier molecular flexibility index (Phi) is 3.39. The molecule has 0 aromatic heterocycles. The zero-order valence-corrected chi connectivity index (χ0v) is 11.6. The van der Waals surface area contributed by atoms with Crippen molar-refractivity contribution < 1.29 is 24.2 Å². The van der Waals surface area contributed by atoms with Gasteiger partial charge in [0, 0.05) is 13.1 Å². The lowest BCUT2D eigenvalue weighted by Gasteiger charge is -2.26. The number of nitrogens with zero attached hydrogens (tertiary/aromatic N) is 1. The predicted octanol–water partition coefficient (Wildman–Crippen LogP) is 1.33. The van der Waals surface area contributed by atoms with E-state index in [0.29, 0.717) is 12.1 Å². The highest BCUT2D eigenvalue weighted by Crippen LogP contribution is 2.43. The second kappa shape index (κ2) is 5.21. The number of fused-ring (bicyclic) bond motifs is 2. The highest BCUT2D eigenvalue weighted by atomic mass is 16.6. The van der Waals surface area contributed by atoms with Gasteiger partial charge in [0.05, 0.1) is 5.56 Å². The third-order valence-electron chi connectivity index (χ3n) is 3.66. The molecule has 0 saturated heterocycles. The average Bonchev–Trinajstić information content (AvgIpc) is 2.59. The molecular formula is C15H15NO5. The molecule has 0 radical (unpaired) electrons. The third kappa shape index (κ3) is 2.38. The number of carbonyl (C=O) groups is 2. The Morgan fingerprint density at radius 1 is 1.24 bits per heavy atom. The van der Waals surface area contributed by atoms with Crippen LogP contribution in [0.25, 0.3) is 5.57 Å². The number of phenolic OH excluding ortho intramolecular Hbond substituents is 1. The van der Waals surface area contributed by atoms with Gasteiger partial charge in [-0.05, 0) is 30.7 Å². The number of hydrogen-bond donors (Lipinski definition) is 1. The number of phenols is 1. The van der Waals surface area contributed by atoms with Gasteiger partial charge in [0.25, 0.3) is 0 Å². The van der Waals surface area contributed by atoms with Crippen molar-refractivity contribution in [1.29, 1.82) is 0 Å². The zero-order chi connectivity index (χ0) is 15.0. The number of rotatable bonds is 2. The first-order chi connectivity index (χ1) is 10.1. The van der Waals surface area contributed by atoms with E-state index in [4.69, 9.17) is 9.47 Å². The number of benzene rings is 1. The quantitative estimate of drug-likeness (QED) is 0.503. The van der Waals surface area contributed by atoms with Crippen LogP contribution in [0.2, 0.25) is 0 Å². The molecule has 21 heavy (non-hydrogen) atoms. The van der Waals surface area contributed by atoms with E-state index in [1.165, 1.54) is 12.1 Å². The van der Waals surface area contributed by atoms with Gasteiger partial charge in [0.1, 0.15) is 5.75 Å². The Bertz CT molecular complexity index is 650. The monoisotopic (exact) mass is 289 g/mol. The molecule has 0 fully saturated rings. The molecule has 2 heterocycles. The Morgan fingerprint density at radius 2 is 2.00 bits per heavy atom. The fourth-order valence-corrected chi connectivity index (χ4v) is 2.58. The Balaban J connectivity index is 2.11. The number of aromatic hydroxyl groups is 1. The lowest BCUT2D eigenvalue weighted by atomic mass is 9.98. The van der Waals surface area contributed by atoms with Gasteiger partial charge in [-0.3, -0.25) is 4.90 Å². The Labute approximate surface area is 121 Å². The van der Waals surface area contributed by atoms with Crippen LogP contribution < -0.4 is 9.47 Å². The van der Waals surface area contributed by atoms with Crippen LogP contribution in [-0.4, -0.2) is 41.6 Å². The van der Waals surface area contributed by atoms with Crippen LogP contribution in [0.4, 0.5) is 0 Å². The summed E-state index contributed by atoms with van der Waals surface area (Å²) < 4.78 is 10.0. The van der Waals surface area contributed by atoms with Gasteiger partial charge in [-0.2, -0.15) is 0 Å². The van der Waals surface area contributed by atoms with Crippen molar-refractivity contribution >= 4 is 17.5 Å². The standard InChI is InChI=1S/C15H15NO5/c1-2-16-7-3-4-9(8-16)12-11-6-5-10(17)13(12)21-15(19)14(18)20-11/h4-6,17H,2-3,7-8H2,1H3. The molecule has 6 nitrogen and oxygen atoms in total. The van der Waals surface area contributed by atoms with Crippen molar-refractivity contribution in [3.63, 3.8) is 0 Å². The summed E-state index contributed by atoms with van der Waals surface area (Å²) in [7, 11) is 0. The van der Waals surface area contributed by atoms with Crippen LogP contribution in [0, 0.1) is 0 Å². The second-order valence-corrected chi connectivity index (χ2v) is 4.95. The minimum atomic E-state index is -1.13. The van der Waals surface area contributed by atoms with E-state index in [-0.39, 0.29) is 17.2 Å². The van der Waals surface area contributed by atoms with Gasteiger partial charge in [-0.1, -0.05) is 13.0 Å². The largest absolute Gasteiger partial charge is 0.504 e. The first kappa shape index (κ1) is 13.6. The van der Waals surface area contributed by atoms with Gasteiger partial charge >= 0.3 is 11.9 Å². The molecule has 6 heteroatoms. The number of hydrogen-bond acceptors (Lipinski definition) is 6. The summed E-state index contributed by atoms with van der Waals surface area (Å²) in [5.41, 5.74) is 1.36. The maximum absolute atomic E-state index is 11.5. The highest BCUT2D eigenvalue weighted by Gasteiger charge is 2.32. The molecule has 110 valence electrons. The van der Waals surface area contributed by atoms with Crippen LogP contribution in [0.15, 0.2) is 18.2 Å². The van der Waals surface area contributed by atoms with Crippen LogP contribution in [-0.2, 0) is 9.59 Å². The minimum absolute atomic E-state index is 0.00690. The number of carbonyl (C=O) groups excluding carboxylic acids is 2. The lowest BCUT2D eigenvalue weighted by molar-refractivity contribution is -0.155. The Morgan fingerprint density at radius 3 is 2.76 bits per heavy atom. The molecule has 2 aliphatic rings. The summed E-state index contributed by atoms with van der Waals surface area (Å²) >= 11 is 0.